The lowest BCUT2D eigenvalue weighted by molar-refractivity contribution is -0.134. The fourth-order valence-corrected chi connectivity index (χ4v) is 2.35. The molecule has 1 aromatic carbocycles. The van der Waals surface area contributed by atoms with Crippen LogP contribution in [-0.4, -0.2) is 9.89 Å². The smallest absolute Gasteiger partial charge is 0.311 e. The van der Waals surface area contributed by atoms with E-state index in [-0.39, 0.29) is 5.97 Å². The summed E-state index contributed by atoms with van der Waals surface area (Å²) in [7, 11) is 0. The first kappa shape index (κ1) is 9.96. The van der Waals surface area contributed by atoms with Crippen LogP contribution in [0.5, 0.6) is 5.75 Å². The highest BCUT2D eigenvalue weighted by Crippen LogP contribution is 2.26. The maximum atomic E-state index is 11.3. The van der Waals surface area contributed by atoms with Crippen molar-refractivity contribution in [1.82, 2.24) is 0 Å². The van der Waals surface area contributed by atoms with Crippen LogP contribution in [-0.2, 0) is 11.2 Å². The topological polar surface area (TPSA) is 26.3 Å². The second-order valence-corrected chi connectivity index (χ2v) is 5.18. The van der Waals surface area contributed by atoms with Crippen molar-refractivity contribution in [3.8, 4) is 5.75 Å². The third-order valence-electron chi connectivity index (χ3n) is 2.30. The lowest BCUT2D eigenvalue weighted by Crippen LogP contribution is -2.16. The predicted molar refractivity (Wildman–Crippen MR) is 62.8 cm³/mol. The van der Waals surface area contributed by atoms with Gasteiger partial charge in [-0.15, -0.1) is 0 Å². The molecule has 0 saturated carbocycles. The molecule has 0 unspecified atom stereocenters. The Hall–Kier alpha value is -0.580. The molecule has 1 heterocycles. The highest BCUT2D eigenvalue weighted by atomic mass is 127. The van der Waals surface area contributed by atoms with E-state index in [1.807, 2.05) is 24.3 Å². The summed E-state index contributed by atoms with van der Waals surface area (Å²) in [5, 5.41) is 0. The Balaban J connectivity index is 2.32. The molecule has 74 valence electrons. The molecule has 1 aliphatic heterocycles. The van der Waals surface area contributed by atoms with Gasteiger partial charge in [0.15, 0.2) is 0 Å². The maximum Gasteiger partial charge on any atom is 0.311 e. The predicted octanol–water partition coefficient (Wildman–Crippen LogP) is 2.73. The van der Waals surface area contributed by atoms with Gasteiger partial charge in [-0.1, -0.05) is 40.8 Å². The normalized spacial score (nSPS) is 21.8. The molecule has 0 radical (unpaired) electrons. The number of ether oxygens (including phenoxy) is 1. The molecular formula is C11H11IO2. The summed E-state index contributed by atoms with van der Waals surface area (Å²) in [5.74, 6) is 0.623. The number of fused-ring (bicyclic) bond motifs is 1. The highest BCUT2D eigenvalue weighted by molar-refractivity contribution is 14.1. The molecule has 2 nitrogen and oxygen atoms in total. The number of alkyl halides is 1. The summed E-state index contributed by atoms with van der Waals surface area (Å²) in [6, 6.07) is 7.77. The zero-order valence-electron chi connectivity index (χ0n) is 7.70. The third-order valence-corrected chi connectivity index (χ3v) is 3.36. The van der Waals surface area contributed by atoms with Crippen molar-refractivity contribution < 1.29 is 9.53 Å². The van der Waals surface area contributed by atoms with Crippen LogP contribution in [0.1, 0.15) is 18.4 Å². The number of carbonyl (C=O) groups excluding carboxylic acids is 1. The van der Waals surface area contributed by atoms with Crippen LogP contribution in [0.4, 0.5) is 0 Å². The minimum Gasteiger partial charge on any atom is -0.426 e. The van der Waals surface area contributed by atoms with Gasteiger partial charge < -0.3 is 4.74 Å². The van der Waals surface area contributed by atoms with E-state index in [4.69, 9.17) is 4.74 Å². The van der Waals surface area contributed by atoms with Crippen molar-refractivity contribution in [3.63, 3.8) is 0 Å². The minimum absolute atomic E-state index is 0.112. The quantitative estimate of drug-likeness (QED) is 0.319. The van der Waals surface area contributed by atoms with Crippen LogP contribution < -0.4 is 4.74 Å². The molecule has 0 saturated heterocycles. The van der Waals surface area contributed by atoms with Crippen LogP contribution in [0.15, 0.2) is 24.3 Å². The summed E-state index contributed by atoms with van der Waals surface area (Å²) in [6.07, 6.45) is 2.43. The van der Waals surface area contributed by atoms with E-state index in [0.717, 1.165) is 24.2 Å². The van der Waals surface area contributed by atoms with Gasteiger partial charge in [0.05, 0.1) is 0 Å². The van der Waals surface area contributed by atoms with Crippen molar-refractivity contribution >= 4 is 28.6 Å². The van der Waals surface area contributed by atoms with Crippen molar-refractivity contribution in [2.75, 3.05) is 0 Å². The van der Waals surface area contributed by atoms with Crippen LogP contribution in [0.3, 0.4) is 0 Å². The maximum absolute atomic E-state index is 11.3. The number of benzene rings is 1. The molecule has 0 bridgehead atoms. The van der Waals surface area contributed by atoms with E-state index in [2.05, 4.69) is 22.6 Å². The summed E-state index contributed by atoms with van der Waals surface area (Å²) < 4.78 is 5.77. The molecule has 0 fully saturated rings. The molecule has 14 heavy (non-hydrogen) atoms. The molecule has 3 heteroatoms. The molecule has 0 N–H and O–H groups in total. The molecular weight excluding hydrogens is 291 g/mol. The van der Waals surface area contributed by atoms with E-state index in [1.54, 1.807) is 0 Å². The number of esters is 1. The molecule has 0 spiro atoms. The molecule has 1 aliphatic rings. The van der Waals surface area contributed by atoms with E-state index < -0.39 is 0 Å². The molecule has 1 aromatic rings. The van der Waals surface area contributed by atoms with Gasteiger partial charge in [0.2, 0.25) is 0 Å². The number of para-hydroxylation sites is 1. The second-order valence-electron chi connectivity index (χ2n) is 3.42. The standard InChI is InChI=1S/C11H11IO2/c12-9-5-6-11(13)14-10-4-2-1-3-8(10)7-9/h1-4,9H,5-7H2/t9-/m1/s1. The first-order chi connectivity index (χ1) is 6.75. The SMILES string of the molecule is O=C1CC[C@@H](I)Cc2ccccc2O1. The van der Waals surface area contributed by atoms with Gasteiger partial charge >= 0.3 is 5.97 Å². The van der Waals surface area contributed by atoms with Gasteiger partial charge in [0.1, 0.15) is 5.75 Å². The van der Waals surface area contributed by atoms with Crippen LogP contribution in [0, 0.1) is 0 Å². The number of halogens is 1. The lowest BCUT2D eigenvalue weighted by atomic mass is 10.0. The average Bonchev–Trinajstić information content (AvgIpc) is 2.16. The van der Waals surface area contributed by atoms with Crippen molar-refractivity contribution in [3.05, 3.63) is 29.8 Å². The molecule has 0 aromatic heterocycles. The van der Waals surface area contributed by atoms with Crippen LogP contribution in [0.25, 0.3) is 0 Å². The highest BCUT2D eigenvalue weighted by Gasteiger charge is 2.17. The molecule has 0 amide bonds. The fourth-order valence-electron chi connectivity index (χ4n) is 1.56. The third kappa shape index (κ3) is 2.26. The number of carbonyl (C=O) groups is 1. The van der Waals surface area contributed by atoms with Crippen molar-refractivity contribution in [2.24, 2.45) is 0 Å². The first-order valence-corrected chi connectivity index (χ1v) is 5.93. The zero-order chi connectivity index (χ0) is 9.97. The Morgan fingerprint density at radius 2 is 2.14 bits per heavy atom. The monoisotopic (exact) mass is 302 g/mol. The van der Waals surface area contributed by atoms with Gasteiger partial charge in [-0.05, 0) is 24.5 Å². The Labute approximate surface area is 96.8 Å². The number of rotatable bonds is 0. The Bertz CT molecular complexity index is 349. The molecule has 2 rings (SSSR count). The van der Waals surface area contributed by atoms with Crippen molar-refractivity contribution in [1.29, 1.82) is 0 Å². The lowest BCUT2D eigenvalue weighted by Gasteiger charge is -2.16. The first-order valence-electron chi connectivity index (χ1n) is 4.68. The summed E-state index contributed by atoms with van der Waals surface area (Å²) in [5.41, 5.74) is 1.14. The molecule has 1 atom stereocenters. The van der Waals surface area contributed by atoms with Crippen molar-refractivity contribution in [2.45, 2.75) is 23.2 Å². The van der Waals surface area contributed by atoms with Crippen LogP contribution in [0.2, 0.25) is 0 Å². The van der Waals surface area contributed by atoms with E-state index in [9.17, 15) is 4.79 Å². The molecule has 0 aliphatic carbocycles. The summed E-state index contributed by atoms with van der Waals surface area (Å²) in [4.78, 5) is 11.3. The summed E-state index contributed by atoms with van der Waals surface area (Å²) >= 11 is 2.40. The zero-order valence-corrected chi connectivity index (χ0v) is 9.86. The van der Waals surface area contributed by atoms with Gasteiger partial charge in [0, 0.05) is 10.3 Å². The Morgan fingerprint density at radius 3 is 3.00 bits per heavy atom. The van der Waals surface area contributed by atoms with Gasteiger partial charge in [0.25, 0.3) is 0 Å². The largest absolute Gasteiger partial charge is 0.426 e. The van der Waals surface area contributed by atoms with E-state index >= 15 is 0 Å². The second kappa shape index (κ2) is 4.29. The van der Waals surface area contributed by atoms with Gasteiger partial charge in [-0.3, -0.25) is 4.79 Å². The van der Waals surface area contributed by atoms with Gasteiger partial charge in [-0.25, -0.2) is 0 Å². The Kier molecular flexibility index (Phi) is 3.05. The van der Waals surface area contributed by atoms with Gasteiger partial charge in [-0.2, -0.15) is 0 Å². The summed E-state index contributed by atoms with van der Waals surface area (Å²) in [6.45, 7) is 0. The van der Waals surface area contributed by atoms with E-state index in [0.29, 0.717) is 10.3 Å². The fraction of sp³-hybridized carbons (Fsp3) is 0.364. The number of hydrogen-bond donors (Lipinski definition) is 0. The van der Waals surface area contributed by atoms with Crippen LogP contribution >= 0.6 is 22.6 Å². The number of hydrogen-bond acceptors (Lipinski definition) is 2. The average molecular weight is 302 g/mol. The van der Waals surface area contributed by atoms with E-state index in [1.165, 1.54) is 0 Å². The minimum atomic E-state index is -0.112. The Morgan fingerprint density at radius 1 is 1.36 bits per heavy atom.